The number of nitrogens with one attached hydrogen (secondary N) is 2. The van der Waals surface area contributed by atoms with Gasteiger partial charge in [-0.3, -0.25) is 4.72 Å². The molecule has 2 N–H and O–H groups in total. The molecular formula is C22H23BrF2N6O3S. The Bertz CT molecular complexity index is 1320. The first-order valence-corrected chi connectivity index (χ1v) is 12.4. The second kappa shape index (κ2) is 12.0. The molecule has 4 aromatic rings. The van der Waals surface area contributed by atoms with Gasteiger partial charge in [-0.1, -0.05) is 19.9 Å². The van der Waals surface area contributed by atoms with Crippen molar-refractivity contribution < 1.29 is 22.5 Å². The van der Waals surface area contributed by atoms with Gasteiger partial charge in [0.15, 0.2) is 16.8 Å². The van der Waals surface area contributed by atoms with Crippen molar-refractivity contribution in [3.8, 4) is 23.0 Å². The summed E-state index contributed by atoms with van der Waals surface area (Å²) in [6.07, 6.45) is 2.22. The second-order valence-corrected chi connectivity index (χ2v) is 8.65. The van der Waals surface area contributed by atoms with Crippen LogP contribution in [-0.4, -0.2) is 49.3 Å². The Kier molecular flexibility index (Phi) is 9.04. The number of aromatic amines is 1. The topological polar surface area (TPSA) is 115 Å². The Morgan fingerprint density at radius 1 is 1.20 bits per heavy atom. The summed E-state index contributed by atoms with van der Waals surface area (Å²) in [6.45, 7) is 4.73. The first-order chi connectivity index (χ1) is 16.9. The van der Waals surface area contributed by atoms with E-state index in [0.717, 1.165) is 10.0 Å². The zero-order valence-corrected chi connectivity index (χ0v) is 21.7. The average molecular weight is 569 g/mol. The fourth-order valence-electron chi connectivity index (χ4n) is 3.12. The van der Waals surface area contributed by atoms with Crippen molar-refractivity contribution >= 4 is 43.8 Å². The third-order valence-corrected chi connectivity index (χ3v) is 6.26. The molecule has 0 saturated carbocycles. The van der Waals surface area contributed by atoms with Gasteiger partial charge < -0.3 is 14.5 Å². The van der Waals surface area contributed by atoms with Crippen LogP contribution < -0.4 is 14.2 Å². The SMILES string of the molecule is CC.COc1nc(NS(=O)c2c[nH]c3c(-c4ncccn4)c(Br)ccc23)nc(C)c1OCC(F)F. The Balaban J connectivity index is 0.00000167. The number of hydrogen-bond donors (Lipinski definition) is 2. The lowest BCUT2D eigenvalue weighted by atomic mass is 10.1. The molecule has 4 rings (SSSR count). The maximum absolute atomic E-state index is 13.1. The zero-order chi connectivity index (χ0) is 25.5. The van der Waals surface area contributed by atoms with Gasteiger partial charge in [-0.25, -0.2) is 27.9 Å². The molecule has 0 saturated heterocycles. The Morgan fingerprint density at radius 3 is 2.57 bits per heavy atom. The minimum absolute atomic E-state index is 0.00132. The van der Waals surface area contributed by atoms with Crippen LogP contribution in [-0.2, 0) is 11.0 Å². The van der Waals surface area contributed by atoms with E-state index in [2.05, 4.69) is 45.6 Å². The summed E-state index contributed by atoms with van der Waals surface area (Å²) in [5, 5.41) is 0.687. The lowest BCUT2D eigenvalue weighted by Crippen LogP contribution is -2.13. The third-order valence-electron chi connectivity index (χ3n) is 4.49. The average Bonchev–Trinajstić information content (AvgIpc) is 3.28. The number of alkyl halides is 2. The van der Waals surface area contributed by atoms with Gasteiger partial charge in [0.2, 0.25) is 11.7 Å². The molecule has 35 heavy (non-hydrogen) atoms. The molecule has 0 radical (unpaired) electrons. The number of fused-ring (bicyclic) bond motifs is 1. The van der Waals surface area contributed by atoms with E-state index in [4.69, 9.17) is 9.47 Å². The highest BCUT2D eigenvalue weighted by atomic mass is 79.9. The predicted octanol–water partition coefficient (Wildman–Crippen LogP) is 5.30. The number of H-pyrrole nitrogens is 1. The maximum Gasteiger partial charge on any atom is 0.272 e. The van der Waals surface area contributed by atoms with Crippen molar-refractivity contribution in [1.29, 1.82) is 0 Å². The van der Waals surface area contributed by atoms with Crippen molar-refractivity contribution in [2.45, 2.75) is 32.1 Å². The first kappa shape index (κ1) is 26.4. The molecule has 1 atom stereocenters. The summed E-state index contributed by atoms with van der Waals surface area (Å²) in [5.41, 5.74) is 1.69. The Hall–Kier alpha value is -3.19. The zero-order valence-electron chi connectivity index (χ0n) is 19.3. The number of methoxy groups -OCH3 is 1. The molecule has 0 aliphatic heterocycles. The lowest BCUT2D eigenvalue weighted by Gasteiger charge is -2.13. The molecule has 13 heteroatoms. The van der Waals surface area contributed by atoms with Crippen molar-refractivity contribution in [2.24, 2.45) is 0 Å². The molecule has 1 aromatic carbocycles. The van der Waals surface area contributed by atoms with Crippen molar-refractivity contribution in [3.63, 3.8) is 0 Å². The van der Waals surface area contributed by atoms with Crippen LogP contribution in [0.2, 0.25) is 0 Å². The summed E-state index contributed by atoms with van der Waals surface area (Å²) in [5.74, 6) is 0.447. The molecular weight excluding hydrogens is 546 g/mol. The molecule has 0 aliphatic rings. The summed E-state index contributed by atoms with van der Waals surface area (Å²) >= 11 is 3.52. The summed E-state index contributed by atoms with van der Waals surface area (Å²) < 4.78 is 51.8. The van der Waals surface area contributed by atoms with Crippen LogP contribution in [0.3, 0.4) is 0 Å². The van der Waals surface area contributed by atoms with Gasteiger partial charge in [-0.15, -0.1) is 0 Å². The van der Waals surface area contributed by atoms with Gasteiger partial charge >= 0.3 is 0 Å². The van der Waals surface area contributed by atoms with E-state index in [1.807, 2.05) is 26.0 Å². The number of hydrogen-bond acceptors (Lipinski definition) is 7. The molecule has 0 amide bonds. The Morgan fingerprint density at radius 2 is 1.91 bits per heavy atom. The van der Waals surface area contributed by atoms with E-state index < -0.39 is 24.0 Å². The molecule has 0 spiro atoms. The highest BCUT2D eigenvalue weighted by molar-refractivity contribution is 9.10. The van der Waals surface area contributed by atoms with E-state index in [9.17, 15) is 13.0 Å². The quantitative estimate of drug-likeness (QED) is 0.296. The fraction of sp³-hybridized carbons (Fsp3) is 0.273. The monoisotopic (exact) mass is 568 g/mol. The first-order valence-electron chi connectivity index (χ1n) is 10.5. The molecule has 0 bridgehead atoms. The number of aromatic nitrogens is 5. The number of nitrogens with zero attached hydrogens (tertiary/aromatic N) is 4. The van der Waals surface area contributed by atoms with Crippen LogP contribution in [0.4, 0.5) is 14.7 Å². The molecule has 1 unspecified atom stereocenters. The van der Waals surface area contributed by atoms with Crippen molar-refractivity contribution in [3.05, 3.63) is 47.0 Å². The molecule has 0 fully saturated rings. The predicted molar refractivity (Wildman–Crippen MR) is 133 cm³/mol. The fourth-order valence-corrected chi connectivity index (χ4v) is 4.53. The minimum atomic E-state index is -2.66. The normalized spacial score (nSPS) is 11.7. The lowest BCUT2D eigenvalue weighted by molar-refractivity contribution is 0.0795. The van der Waals surface area contributed by atoms with Gasteiger partial charge in [-0.05, 0) is 35.0 Å². The van der Waals surface area contributed by atoms with Crippen LogP contribution in [0, 0.1) is 6.92 Å². The van der Waals surface area contributed by atoms with E-state index >= 15 is 0 Å². The second-order valence-electron chi connectivity index (χ2n) is 6.61. The van der Waals surface area contributed by atoms with Gasteiger partial charge in [0.1, 0.15) is 6.61 Å². The summed E-state index contributed by atoms with van der Waals surface area (Å²) in [4.78, 5) is 20.4. The molecule has 0 aliphatic carbocycles. The van der Waals surface area contributed by atoms with Gasteiger partial charge in [0.05, 0.1) is 28.8 Å². The highest BCUT2D eigenvalue weighted by Gasteiger charge is 2.20. The largest absolute Gasteiger partial charge is 0.480 e. The third kappa shape index (κ3) is 5.90. The van der Waals surface area contributed by atoms with Gasteiger partial charge in [-0.2, -0.15) is 4.98 Å². The standard InChI is InChI=1S/C20H17BrF2N6O3S.C2H6/c1-10-17(32-9-14(22)23)19(31-2)28-20(27-10)29-33(30)13-8-26-16-11(13)4-5-12(21)15(16)18-24-6-3-7-25-18;1-2/h3-8,14,26H,9H2,1-2H3,(H,27,28,29);1-2H3. The van der Waals surface area contributed by atoms with Gasteiger partial charge in [0, 0.05) is 28.4 Å². The number of rotatable bonds is 8. The highest BCUT2D eigenvalue weighted by Crippen LogP contribution is 2.35. The van der Waals surface area contributed by atoms with E-state index in [1.165, 1.54) is 7.11 Å². The minimum Gasteiger partial charge on any atom is -0.480 e. The molecule has 9 nitrogen and oxygen atoms in total. The molecule has 186 valence electrons. The maximum atomic E-state index is 13.1. The Labute approximate surface area is 211 Å². The van der Waals surface area contributed by atoms with Gasteiger partial charge in [0.25, 0.3) is 12.3 Å². The van der Waals surface area contributed by atoms with Crippen LogP contribution in [0.5, 0.6) is 11.6 Å². The smallest absolute Gasteiger partial charge is 0.272 e. The number of benzene rings is 1. The van der Waals surface area contributed by atoms with E-state index in [0.29, 0.717) is 21.6 Å². The number of ether oxygens (including phenoxy) is 2. The van der Waals surface area contributed by atoms with Crippen LogP contribution >= 0.6 is 15.9 Å². The number of anilines is 1. The number of aryl methyl sites for hydroxylation is 1. The van der Waals surface area contributed by atoms with E-state index in [1.54, 1.807) is 31.6 Å². The van der Waals surface area contributed by atoms with Crippen molar-refractivity contribution in [1.82, 2.24) is 24.9 Å². The molecule has 3 aromatic heterocycles. The number of halogens is 3. The van der Waals surface area contributed by atoms with E-state index in [-0.39, 0.29) is 23.3 Å². The summed E-state index contributed by atoms with van der Waals surface area (Å²) in [6, 6.07) is 5.35. The van der Waals surface area contributed by atoms with Crippen LogP contribution in [0.25, 0.3) is 22.3 Å². The molecule has 3 heterocycles. The summed E-state index contributed by atoms with van der Waals surface area (Å²) in [7, 11) is -0.442. The van der Waals surface area contributed by atoms with Crippen LogP contribution in [0.1, 0.15) is 19.5 Å². The van der Waals surface area contributed by atoms with Crippen molar-refractivity contribution in [2.75, 3.05) is 18.4 Å². The van der Waals surface area contributed by atoms with Crippen LogP contribution in [0.15, 0.2) is 46.2 Å².